The molecule has 0 spiro atoms. The van der Waals surface area contributed by atoms with Crippen molar-refractivity contribution in [2.24, 2.45) is 0 Å². The summed E-state index contributed by atoms with van der Waals surface area (Å²) in [4.78, 5) is 35.4. The summed E-state index contributed by atoms with van der Waals surface area (Å²) >= 11 is 0. The van der Waals surface area contributed by atoms with Crippen molar-refractivity contribution in [2.75, 3.05) is 47.5 Å². The fourth-order valence-corrected chi connectivity index (χ4v) is 7.52. The van der Waals surface area contributed by atoms with Gasteiger partial charge in [0.15, 0.2) is 6.10 Å². The zero-order valence-electron chi connectivity index (χ0n) is 38.1. The molecule has 1 N–H and O–H groups in total. The number of hydrogen-bond donors (Lipinski definition) is 1. The van der Waals surface area contributed by atoms with Crippen molar-refractivity contribution in [2.45, 2.75) is 232 Å². The standard InChI is InChI=1S/C47H92NO8P/c1-6-8-10-12-14-16-18-20-21-22-23-24-25-26-28-29-31-33-35-37-39-46(49)53-43-45(44-55-57(51,52)54-42-41-48(3,4)5)56-47(50)40-38-36-34-32-30-27-19-17-15-13-11-9-7-2/h27,30,45H,6-26,28-29,31-44H2,1-5H3/p+1/b30-27+/t45-/m1/s1. The van der Waals surface area contributed by atoms with Crippen LogP contribution in [0.4, 0.5) is 0 Å². The quantitative estimate of drug-likeness (QED) is 0.0213. The minimum absolute atomic E-state index is 0.0322. The first-order valence-electron chi connectivity index (χ1n) is 23.9. The third kappa shape index (κ3) is 44.1. The van der Waals surface area contributed by atoms with Crippen LogP contribution >= 0.6 is 7.82 Å². The summed E-state index contributed by atoms with van der Waals surface area (Å²) in [7, 11) is 1.48. The molecule has 0 radical (unpaired) electrons. The van der Waals surface area contributed by atoms with Gasteiger partial charge < -0.3 is 18.9 Å². The van der Waals surface area contributed by atoms with Crippen LogP contribution in [0, 0.1) is 0 Å². The molecular formula is C47H93NO8P+. The molecule has 2 atom stereocenters. The largest absolute Gasteiger partial charge is 0.472 e. The van der Waals surface area contributed by atoms with E-state index in [0.717, 1.165) is 44.9 Å². The molecule has 0 aliphatic rings. The van der Waals surface area contributed by atoms with Gasteiger partial charge in [-0.3, -0.25) is 18.6 Å². The average molecular weight is 831 g/mol. The molecule has 9 nitrogen and oxygen atoms in total. The van der Waals surface area contributed by atoms with Crippen LogP contribution in [-0.2, 0) is 32.7 Å². The number of allylic oxidation sites excluding steroid dienone is 2. The number of unbranched alkanes of at least 4 members (excludes halogenated alkanes) is 28. The second-order valence-electron chi connectivity index (χ2n) is 17.5. The van der Waals surface area contributed by atoms with Crippen LogP contribution in [0.5, 0.6) is 0 Å². The molecule has 0 rings (SSSR count). The summed E-state index contributed by atoms with van der Waals surface area (Å²) in [5.74, 6) is -0.805. The Balaban J connectivity index is 4.23. The number of hydrogen-bond acceptors (Lipinski definition) is 7. The molecular weight excluding hydrogens is 737 g/mol. The summed E-state index contributed by atoms with van der Waals surface area (Å²) < 4.78 is 34.3. The van der Waals surface area contributed by atoms with Gasteiger partial charge in [0.1, 0.15) is 19.8 Å². The Kier molecular flexibility index (Phi) is 39.3. The number of phosphoric ester groups is 1. The summed E-state index contributed by atoms with van der Waals surface area (Å²) in [5, 5.41) is 0. The molecule has 0 saturated heterocycles. The Morgan fingerprint density at radius 2 is 0.895 bits per heavy atom. The lowest BCUT2D eigenvalue weighted by Gasteiger charge is -2.24. The lowest BCUT2D eigenvalue weighted by molar-refractivity contribution is -0.870. The zero-order chi connectivity index (χ0) is 42.1. The minimum atomic E-state index is -4.37. The molecule has 57 heavy (non-hydrogen) atoms. The number of esters is 2. The maximum Gasteiger partial charge on any atom is 0.472 e. The Morgan fingerprint density at radius 3 is 1.32 bits per heavy atom. The Labute approximate surface area is 352 Å². The second kappa shape index (κ2) is 40.2. The fourth-order valence-electron chi connectivity index (χ4n) is 6.77. The molecule has 338 valence electrons. The lowest BCUT2D eigenvalue weighted by atomic mass is 10.0. The first-order valence-corrected chi connectivity index (χ1v) is 25.4. The highest BCUT2D eigenvalue weighted by Crippen LogP contribution is 2.43. The number of quaternary nitrogens is 1. The van der Waals surface area contributed by atoms with E-state index in [2.05, 4.69) is 26.0 Å². The topological polar surface area (TPSA) is 108 Å². The molecule has 10 heteroatoms. The number of carbonyl (C=O) groups excluding carboxylic acids is 2. The van der Waals surface area contributed by atoms with Crippen molar-refractivity contribution >= 4 is 19.8 Å². The van der Waals surface area contributed by atoms with Crippen LogP contribution in [0.2, 0.25) is 0 Å². The van der Waals surface area contributed by atoms with E-state index in [0.29, 0.717) is 23.9 Å². The van der Waals surface area contributed by atoms with Crippen LogP contribution in [0.1, 0.15) is 226 Å². The molecule has 0 aromatic rings. The maximum atomic E-state index is 12.7. The van der Waals surface area contributed by atoms with Crippen molar-refractivity contribution < 1.29 is 42.1 Å². The van der Waals surface area contributed by atoms with E-state index >= 15 is 0 Å². The predicted octanol–water partition coefficient (Wildman–Crippen LogP) is 13.8. The number of ether oxygens (including phenoxy) is 2. The average Bonchev–Trinajstić information content (AvgIpc) is 3.16. The van der Waals surface area contributed by atoms with Crippen molar-refractivity contribution in [1.82, 2.24) is 0 Å². The predicted molar refractivity (Wildman–Crippen MR) is 238 cm³/mol. The third-order valence-electron chi connectivity index (χ3n) is 10.5. The Bertz CT molecular complexity index is 985. The normalized spacial score (nSPS) is 13.6. The second-order valence-corrected chi connectivity index (χ2v) is 19.0. The van der Waals surface area contributed by atoms with Crippen LogP contribution in [0.15, 0.2) is 12.2 Å². The first kappa shape index (κ1) is 55.8. The van der Waals surface area contributed by atoms with Gasteiger partial charge >= 0.3 is 19.8 Å². The Morgan fingerprint density at radius 1 is 0.526 bits per heavy atom. The van der Waals surface area contributed by atoms with Gasteiger partial charge in [-0.05, 0) is 38.5 Å². The van der Waals surface area contributed by atoms with E-state index in [1.807, 2.05) is 21.1 Å². The number of nitrogens with zero attached hydrogens (tertiary/aromatic N) is 1. The molecule has 0 saturated carbocycles. The highest BCUT2D eigenvalue weighted by molar-refractivity contribution is 7.47. The maximum absolute atomic E-state index is 12.7. The number of phosphoric acid groups is 1. The van der Waals surface area contributed by atoms with E-state index < -0.39 is 26.5 Å². The van der Waals surface area contributed by atoms with Gasteiger partial charge in [0.05, 0.1) is 27.7 Å². The molecule has 0 aromatic heterocycles. The number of carbonyl (C=O) groups is 2. The molecule has 0 fully saturated rings. The summed E-state index contributed by atoms with van der Waals surface area (Å²) in [6, 6.07) is 0. The van der Waals surface area contributed by atoms with Crippen LogP contribution in [0.25, 0.3) is 0 Å². The number of likely N-dealkylation sites (N-methyl/N-ethyl adjacent to an activating group) is 1. The summed E-state index contributed by atoms with van der Waals surface area (Å²) in [6.45, 7) is 4.43. The molecule has 1 unspecified atom stereocenters. The van der Waals surface area contributed by atoms with Gasteiger partial charge in [-0.15, -0.1) is 0 Å². The van der Waals surface area contributed by atoms with E-state index in [1.165, 1.54) is 148 Å². The van der Waals surface area contributed by atoms with Crippen molar-refractivity contribution in [3.63, 3.8) is 0 Å². The Hall–Kier alpha value is -1.25. The van der Waals surface area contributed by atoms with Crippen molar-refractivity contribution in [3.8, 4) is 0 Å². The smallest absolute Gasteiger partial charge is 0.462 e. The SMILES string of the molecule is CCCCCCCC/C=C/CCCCCC(=O)O[C@H](COC(=O)CCCCCCCCCCCCCCCCCCCCCC)COP(=O)(O)OCC[N+](C)(C)C. The van der Waals surface area contributed by atoms with Gasteiger partial charge in [0, 0.05) is 12.8 Å². The molecule has 0 aliphatic carbocycles. The van der Waals surface area contributed by atoms with Crippen LogP contribution < -0.4 is 0 Å². The van der Waals surface area contributed by atoms with Gasteiger partial charge in [0.2, 0.25) is 0 Å². The van der Waals surface area contributed by atoms with E-state index in [9.17, 15) is 19.0 Å². The van der Waals surface area contributed by atoms with E-state index in [1.54, 1.807) is 0 Å². The van der Waals surface area contributed by atoms with Gasteiger partial charge in [-0.1, -0.05) is 187 Å². The van der Waals surface area contributed by atoms with Gasteiger partial charge in [-0.25, -0.2) is 4.57 Å². The third-order valence-corrected chi connectivity index (χ3v) is 11.5. The minimum Gasteiger partial charge on any atom is -0.462 e. The molecule has 0 amide bonds. The summed E-state index contributed by atoms with van der Waals surface area (Å²) in [5.41, 5.74) is 0. The van der Waals surface area contributed by atoms with E-state index in [4.69, 9.17) is 18.5 Å². The molecule has 0 heterocycles. The van der Waals surface area contributed by atoms with Crippen molar-refractivity contribution in [1.29, 1.82) is 0 Å². The van der Waals surface area contributed by atoms with Crippen LogP contribution in [0.3, 0.4) is 0 Å². The summed E-state index contributed by atoms with van der Waals surface area (Å²) in [6.07, 6.45) is 42.6. The fraction of sp³-hybridized carbons (Fsp3) is 0.915. The van der Waals surface area contributed by atoms with Gasteiger partial charge in [-0.2, -0.15) is 0 Å². The molecule has 0 aliphatic heterocycles. The zero-order valence-corrected chi connectivity index (χ0v) is 39.0. The number of rotatable bonds is 44. The monoisotopic (exact) mass is 831 g/mol. The highest BCUT2D eigenvalue weighted by Gasteiger charge is 2.27. The lowest BCUT2D eigenvalue weighted by Crippen LogP contribution is -2.37. The van der Waals surface area contributed by atoms with Gasteiger partial charge in [0.25, 0.3) is 0 Å². The highest BCUT2D eigenvalue weighted by atomic mass is 31.2. The van der Waals surface area contributed by atoms with Crippen molar-refractivity contribution in [3.05, 3.63) is 12.2 Å². The first-order chi connectivity index (χ1) is 27.5. The molecule has 0 bridgehead atoms. The molecule has 0 aromatic carbocycles. The van der Waals surface area contributed by atoms with E-state index in [-0.39, 0.29) is 25.6 Å². The van der Waals surface area contributed by atoms with Crippen LogP contribution in [-0.4, -0.2) is 74.9 Å².